The van der Waals surface area contributed by atoms with Gasteiger partial charge in [0.1, 0.15) is 5.75 Å². The van der Waals surface area contributed by atoms with E-state index in [0.717, 1.165) is 10.1 Å². The molecule has 0 fully saturated rings. The van der Waals surface area contributed by atoms with Gasteiger partial charge in [-0.3, -0.25) is 10.1 Å². The molecule has 1 aromatic heterocycles. The molecule has 1 N–H and O–H groups in total. The van der Waals surface area contributed by atoms with E-state index in [4.69, 9.17) is 16.3 Å². The number of para-hydroxylation sites is 1. The maximum Gasteiger partial charge on any atom is 0.264 e. The number of hydrogen-bond donors (Lipinski definition) is 1. The van der Waals surface area contributed by atoms with E-state index >= 15 is 0 Å². The molecule has 0 saturated heterocycles. The summed E-state index contributed by atoms with van der Waals surface area (Å²) in [6.45, 7) is 1.92. The first kappa shape index (κ1) is 18.7. The van der Waals surface area contributed by atoms with Crippen molar-refractivity contribution in [2.24, 2.45) is 0 Å². The highest BCUT2D eigenvalue weighted by molar-refractivity contribution is 8.00. The Bertz CT molecular complexity index is 884. The normalized spacial score (nSPS) is 10.5. The maximum absolute atomic E-state index is 12.0. The van der Waals surface area contributed by atoms with Gasteiger partial charge in [-0.15, -0.1) is 10.2 Å². The maximum atomic E-state index is 12.0. The molecule has 134 valence electrons. The number of carbonyl (C=O) groups is 1. The monoisotopic (exact) mass is 405 g/mol. The zero-order chi connectivity index (χ0) is 18.4. The number of halogens is 1. The molecule has 0 radical (unpaired) electrons. The number of aromatic nitrogens is 2. The summed E-state index contributed by atoms with van der Waals surface area (Å²) in [5.74, 6) is 0.963. The first-order chi connectivity index (χ1) is 12.6. The Morgan fingerprint density at radius 3 is 2.73 bits per heavy atom. The van der Waals surface area contributed by atoms with Gasteiger partial charge in [0, 0.05) is 5.75 Å². The number of thioether (sulfide) groups is 1. The van der Waals surface area contributed by atoms with E-state index in [1.807, 2.05) is 0 Å². The molecule has 1 heterocycles. The summed E-state index contributed by atoms with van der Waals surface area (Å²) >= 11 is 8.91. The molecule has 0 aliphatic heterocycles. The predicted octanol–water partition coefficient (Wildman–Crippen LogP) is 4.81. The van der Waals surface area contributed by atoms with Gasteiger partial charge in [0.2, 0.25) is 5.13 Å². The van der Waals surface area contributed by atoms with Crippen LogP contribution >= 0.6 is 34.7 Å². The molecule has 26 heavy (non-hydrogen) atoms. The van der Waals surface area contributed by atoms with Gasteiger partial charge < -0.3 is 4.74 Å². The lowest BCUT2D eigenvalue weighted by Crippen LogP contribution is -2.20. The first-order valence-electron chi connectivity index (χ1n) is 7.79. The number of aryl methyl sites for hydroxylation is 1. The van der Waals surface area contributed by atoms with Crippen LogP contribution in [-0.4, -0.2) is 22.7 Å². The van der Waals surface area contributed by atoms with Crippen molar-refractivity contribution in [3.8, 4) is 5.75 Å². The van der Waals surface area contributed by atoms with Crippen molar-refractivity contribution in [1.82, 2.24) is 10.2 Å². The van der Waals surface area contributed by atoms with Crippen LogP contribution in [0.3, 0.4) is 0 Å². The molecule has 0 spiro atoms. The summed E-state index contributed by atoms with van der Waals surface area (Å²) < 4.78 is 6.20. The lowest BCUT2D eigenvalue weighted by molar-refractivity contribution is -0.118. The fourth-order valence-electron chi connectivity index (χ4n) is 2.01. The Morgan fingerprint density at radius 2 is 1.96 bits per heavy atom. The average Bonchev–Trinajstić information content (AvgIpc) is 3.08. The Kier molecular flexibility index (Phi) is 6.49. The lowest BCUT2D eigenvalue weighted by Gasteiger charge is -2.06. The third-order valence-electron chi connectivity index (χ3n) is 3.33. The topological polar surface area (TPSA) is 64.1 Å². The van der Waals surface area contributed by atoms with Crippen molar-refractivity contribution in [2.45, 2.75) is 17.0 Å². The van der Waals surface area contributed by atoms with E-state index in [2.05, 4.69) is 46.7 Å². The van der Waals surface area contributed by atoms with E-state index in [9.17, 15) is 4.79 Å². The van der Waals surface area contributed by atoms with E-state index < -0.39 is 0 Å². The highest BCUT2D eigenvalue weighted by Crippen LogP contribution is 2.28. The van der Waals surface area contributed by atoms with Gasteiger partial charge in [-0.05, 0) is 24.6 Å². The van der Waals surface area contributed by atoms with E-state index in [0.29, 0.717) is 15.9 Å². The molecule has 0 aliphatic rings. The number of anilines is 1. The molecule has 2 aromatic carbocycles. The second kappa shape index (κ2) is 9.02. The zero-order valence-electron chi connectivity index (χ0n) is 13.9. The van der Waals surface area contributed by atoms with Crippen LogP contribution in [0.2, 0.25) is 5.02 Å². The molecule has 0 unspecified atom stereocenters. The second-order valence-corrected chi connectivity index (χ2v) is 8.02. The molecule has 5 nitrogen and oxygen atoms in total. The van der Waals surface area contributed by atoms with Crippen LogP contribution in [0.25, 0.3) is 0 Å². The highest BCUT2D eigenvalue weighted by atomic mass is 35.5. The highest BCUT2D eigenvalue weighted by Gasteiger charge is 2.10. The van der Waals surface area contributed by atoms with Crippen LogP contribution in [-0.2, 0) is 10.5 Å². The predicted molar refractivity (Wildman–Crippen MR) is 106 cm³/mol. The molecule has 1 amide bonds. The molecule has 0 atom stereocenters. The zero-order valence-corrected chi connectivity index (χ0v) is 16.3. The molecule has 0 aliphatic carbocycles. The van der Waals surface area contributed by atoms with Crippen molar-refractivity contribution in [3.05, 3.63) is 64.7 Å². The summed E-state index contributed by atoms with van der Waals surface area (Å²) in [7, 11) is 0. The Balaban J connectivity index is 1.47. The van der Waals surface area contributed by atoms with Crippen LogP contribution in [0.1, 0.15) is 11.1 Å². The number of amides is 1. The van der Waals surface area contributed by atoms with Crippen LogP contribution in [0.15, 0.2) is 52.9 Å². The van der Waals surface area contributed by atoms with Crippen LogP contribution < -0.4 is 10.1 Å². The number of benzene rings is 2. The fraction of sp³-hybridized carbons (Fsp3) is 0.167. The third kappa shape index (κ3) is 5.45. The molecule has 0 bridgehead atoms. The largest absolute Gasteiger partial charge is 0.482 e. The molecular weight excluding hydrogens is 390 g/mol. The van der Waals surface area contributed by atoms with Gasteiger partial charge in [-0.2, -0.15) is 0 Å². The average molecular weight is 406 g/mol. The molecule has 3 rings (SSSR count). The van der Waals surface area contributed by atoms with E-state index in [1.54, 1.807) is 36.0 Å². The van der Waals surface area contributed by atoms with E-state index in [-0.39, 0.29) is 12.5 Å². The van der Waals surface area contributed by atoms with Gasteiger partial charge in [0.05, 0.1) is 5.02 Å². The van der Waals surface area contributed by atoms with Gasteiger partial charge >= 0.3 is 0 Å². The lowest BCUT2D eigenvalue weighted by atomic mass is 10.2. The van der Waals surface area contributed by atoms with Crippen molar-refractivity contribution >= 4 is 45.7 Å². The Labute approximate surface area is 164 Å². The van der Waals surface area contributed by atoms with Crippen molar-refractivity contribution in [3.63, 3.8) is 0 Å². The molecule has 8 heteroatoms. The number of hydrogen-bond acceptors (Lipinski definition) is 6. The van der Waals surface area contributed by atoms with Gasteiger partial charge in [-0.1, -0.05) is 76.7 Å². The summed E-state index contributed by atoms with van der Waals surface area (Å²) in [6, 6.07) is 15.4. The van der Waals surface area contributed by atoms with Crippen LogP contribution in [0.5, 0.6) is 5.75 Å². The minimum atomic E-state index is -0.309. The van der Waals surface area contributed by atoms with Gasteiger partial charge in [0.25, 0.3) is 5.91 Å². The van der Waals surface area contributed by atoms with Crippen molar-refractivity contribution in [1.29, 1.82) is 0 Å². The number of carbonyl (C=O) groups excluding carboxylic acids is 1. The van der Waals surface area contributed by atoms with Crippen molar-refractivity contribution < 1.29 is 9.53 Å². The summed E-state index contributed by atoms with van der Waals surface area (Å²) in [5.41, 5.74) is 2.45. The van der Waals surface area contributed by atoms with Gasteiger partial charge in [-0.25, -0.2) is 0 Å². The van der Waals surface area contributed by atoms with Crippen molar-refractivity contribution in [2.75, 3.05) is 11.9 Å². The number of nitrogens with one attached hydrogen (secondary N) is 1. The molecule has 0 saturated carbocycles. The second-order valence-electron chi connectivity index (χ2n) is 5.41. The Morgan fingerprint density at radius 1 is 1.19 bits per heavy atom. The minimum absolute atomic E-state index is 0.144. The summed E-state index contributed by atoms with van der Waals surface area (Å²) in [4.78, 5) is 12.0. The van der Waals surface area contributed by atoms with Gasteiger partial charge in [0.15, 0.2) is 10.9 Å². The fourth-order valence-corrected chi connectivity index (χ4v) is 3.92. The quantitative estimate of drug-likeness (QED) is 0.451. The minimum Gasteiger partial charge on any atom is -0.482 e. The first-order valence-corrected chi connectivity index (χ1v) is 9.97. The molecular formula is C18H16ClN3O2S2. The number of nitrogens with zero attached hydrogens (tertiary/aromatic N) is 2. The number of rotatable bonds is 7. The van der Waals surface area contributed by atoms with E-state index in [1.165, 1.54) is 22.5 Å². The molecule has 3 aromatic rings. The Hall–Kier alpha value is -2.09. The summed E-state index contributed by atoms with van der Waals surface area (Å²) in [6.07, 6.45) is 0. The standard InChI is InChI=1S/C18H16ClN3O2S2/c1-12-6-8-13(9-7-12)11-25-18-22-21-17(26-18)20-16(23)10-24-15-5-3-2-4-14(15)19/h2-9H,10-11H2,1H3,(H,20,21,23). The van der Waals surface area contributed by atoms with Crippen LogP contribution in [0.4, 0.5) is 5.13 Å². The SMILES string of the molecule is Cc1ccc(CSc2nnc(NC(=O)COc3ccccc3Cl)s2)cc1. The van der Waals surface area contributed by atoms with Crippen LogP contribution in [0, 0.1) is 6.92 Å². The third-order valence-corrected chi connectivity index (χ3v) is 5.69. The summed E-state index contributed by atoms with van der Waals surface area (Å²) in [5, 5.41) is 11.7. The number of ether oxygens (including phenoxy) is 1. The smallest absolute Gasteiger partial charge is 0.264 e.